The van der Waals surface area contributed by atoms with E-state index < -0.39 is 5.97 Å². The molecule has 122 valence electrons. The highest BCUT2D eigenvalue weighted by atomic mass is 16.5. The Morgan fingerprint density at radius 3 is 2.65 bits per heavy atom. The Labute approximate surface area is 136 Å². The number of carbonyl (C=O) groups is 1. The molecule has 1 heterocycles. The highest BCUT2D eigenvalue weighted by Crippen LogP contribution is 2.14. The van der Waals surface area contributed by atoms with Gasteiger partial charge in [-0.05, 0) is 42.7 Å². The van der Waals surface area contributed by atoms with Crippen molar-refractivity contribution >= 4 is 11.8 Å². The summed E-state index contributed by atoms with van der Waals surface area (Å²) in [6.45, 7) is 0.568. The summed E-state index contributed by atoms with van der Waals surface area (Å²) in [5.41, 5.74) is 2.11. The molecule has 0 saturated carbocycles. The minimum atomic E-state index is -0.749. The molecule has 0 atom stereocenters. The highest BCUT2D eigenvalue weighted by Gasteiger charge is 2.01. The van der Waals surface area contributed by atoms with E-state index in [1.807, 2.05) is 49.5 Å². The number of carboxylic acid groups (broad SMARTS) is 1. The molecule has 0 saturated heterocycles. The Hall–Kier alpha value is -2.56. The van der Waals surface area contributed by atoms with Crippen LogP contribution in [0.3, 0.4) is 0 Å². The molecular formula is C18H22N2O3. The van der Waals surface area contributed by atoms with E-state index in [9.17, 15) is 4.79 Å². The van der Waals surface area contributed by atoms with E-state index in [0.717, 1.165) is 35.7 Å². The van der Waals surface area contributed by atoms with Crippen LogP contribution >= 0.6 is 0 Å². The fraction of sp³-hybridized carbons (Fsp3) is 0.333. The van der Waals surface area contributed by atoms with Gasteiger partial charge in [-0.2, -0.15) is 0 Å². The summed E-state index contributed by atoms with van der Waals surface area (Å²) < 4.78 is 5.73. The highest BCUT2D eigenvalue weighted by molar-refractivity contribution is 5.66. The number of anilines is 1. The summed E-state index contributed by atoms with van der Waals surface area (Å²) in [5.74, 6) is 0.922. The topological polar surface area (TPSA) is 71.5 Å². The molecule has 0 amide bonds. The van der Waals surface area contributed by atoms with Gasteiger partial charge in [-0.25, -0.2) is 4.98 Å². The predicted molar refractivity (Wildman–Crippen MR) is 90.0 cm³/mol. The summed E-state index contributed by atoms with van der Waals surface area (Å²) >= 11 is 0. The molecule has 2 N–H and O–H groups in total. The number of rotatable bonds is 9. The van der Waals surface area contributed by atoms with Gasteiger partial charge < -0.3 is 15.2 Å². The molecule has 5 nitrogen and oxygen atoms in total. The van der Waals surface area contributed by atoms with Crippen LogP contribution in [0.1, 0.15) is 24.1 Å². The van der Waals surface area contributed by atoms with Crippen LogP contribution in [0.4, 0.5) is 5.82 Å². The van der Waals surface area contributed by atoms with E-state index in [2.05, 4.69) is 10.3 Å². The first-order chi connectivity index (χ1) is 11.2. The van der Waals surface area contributed by atoms with E-state index >= 15 is 0 Å². The van der Waals surface area contributed by atoms with Crippen molar-refractivity contribution in [2.45, 2.75) is 25.7 Å². The first-order valence-electron chi connectivity index (χ1n) is 7.74. The molecule has 5 heteroatoms. The fourth-order valence-corrected chi connectivity index (χ4v) is 2.23. The number of pyridine rings is 1. The van der Waals surface area contributed by atoms with Crippen molar-refractivity contribution in [2.24, 2.45) is 0 Å². The maximum atomic E-state index is 10.5. The van der Waals surface area contributed by atoms with Crippen molar-refractivity contribution in [2.75, 3.05) is 19.0 Å². The standard InChI is InChI=1S/C18H22N2O3/c1-19-17-6-3-5-15(20-17)12-13-23-16-10-8-14(9-11-16)4-2-7-18(21)22/h3,5-6,8-11H,2,4,7,12-13H2,1H3,(H,19,20)(H,21,22). The number of aliphatic carboxylic acids is 1. The Balaban J connectivity index is 1.76. The molecule has 0 aliphatic carbocycles. The minimum absolute atomic E-state index is 0.205. The van der Waals surface area contributed by atoms with Crippen molar-refractivity contribution in [3.63, 3.8) is 0 Å². The van der Waals surface area contributed by atoms with Crippen molar-refractivity contribution in [3.8, 4) is 5.75 Å². The van der Waals surface area contributed by atoms with Gasteiger partial charge in [0, 0.05) is 25.6 Å². The van der Waals surface area contributed by atoms with Crippen molar-refractivity contribution in [1.82, 2.24) is 4.98 Å². The number of ether oxygens (including phenoxy) is 1. The van der Waals surface area contributed by atoms with Gasteiger partial charge in [0.05, 0.1) is 6.61 Å². The number of nitrogens with zero attached hydrogens (tertiary/aromatic N) is 1. The Morgan fingerprint density at radius 1 is 1.17 bits per heavy atom. The van der Waals surface area contributed by atoms with Crippen LogP contribution in [0.15, 0.2) is 42.5 Å². The van der Waals surface area contributed by atoms with Crippen molar-refractivity contribution in [1.29, 1.82) is 0 Å². The summed E-state index contributed by atoms with van der Waals surface area (Å²) in [4.78, 5) is 14.9. The minimum Gasteiger partial charge on any atom is -0.493 e. The van der Waals surface area contributed by atoms with E-state index in [1.54, 1.807) is 0 Å². The average Bonchev–Trinajstić information content (AvgIpc) is 2.56. The van der Waals surface area contributed by atoms with Gasteiger partial charge in [0.15, 0.2) is 0 Å². The number of benzene rings is 1. The van der Waals surface area contributed by atoms with E-state index in [0.29, 0.717) is 13.0 Å². The molecule has 1 aromatic carbocycles. The van der Waals surface area contributed by atoms with Crippen LogP contribution in [0.2, 0.25) is 0 Å². The molecule has 23 heavy (non-hydrogen) atoms. The quantitative estimate of drug-likeness (QED) is 0.744. The van der Waals surface area contributed by atoms with Crippen LogP contribution in [0.25, 0.3) is 0 Å². The normalized spacial score (nSPS) is 10.3. The number of hydrogen-bond acceptors (Lipinski definition) is 4. The first kappa shape index (κ1) is 16.8. The van der Waals surface area contributed by atoms with Gasteiger partial charge in [-0.3, -0.25) is 4.79 Å². The summed E-state index contributed by atoms with van der Waals surface area (Å²) in [6, 6.07) is 13.7. The molecule has 0 bridgehead atoms. The lowest BCUT2D eigenvalue weighted by atomic mass is 10.1. The number of carboxylic acids is 1. The van der Waals surface area contributed by atoms with E-state index in [-0.39, 0.29) is 6.42 Å². The van der Waals surface area contributed by atoms with E-state index in [4.69, 9.17) is 9.84 Å². The molecule has 0 unspecified atom stereocenters. The monoisotopic (exact) mass is 314 g/mol. The summed E-state index contributed by atoms with van der Waals surface area (Å²) in [7, 11) is 1.85. The van der Waals surface area contributed by atoms with Gasteiger partial charge in [-0.15, -0.1) is 0 Å². The molecule has 2 rings (SSSR count). The van der Waals surface area contributed by atoms with Gasteiger partial charge in [0.1, 0.15) is 11.6 Å². The summed E-state index contributed by atoms with van der Waals surface area (Å²) in [6.07, 6.45) is 2.38. The first-order valence-corrected chi connectivity index (χ1v) is 7.74. The van der Waals surface area contributed by atoms with E-state index in [1.165, 1.54) is 0 Å². The third-order valence-electron chi connectivity index (χ3n) is 3.47. The molecule has 0 aliphatic rings. The fourth-order valence-electron chi connectivity index (χ4n) is 2.23. The molecular weight excluding hydrogens is 292 g/mol. The van der Waals surface area contributed by atoms with Crippen LogP contribution in [-0.2, 0) is 17.6 Å². The van der Waals surface area contributed by atoms with Crippen LogP contribution in [-0.4, -0.2) is 29.7 Å². The molecule has 0 radical (unpaired) electrons. The predicted octanol–water partition coefficient (Wildman–Crippen LogP) is 3.15. The lowest BCUT2D eigenvalue weighted by Gasteiger charge is -2.08. The van der Waals surface area contributed by atoms with Gasteiger partial charge in [0.25, 0.3) is 0 Å². The zero-order valence-corrected chi connectivity index (χ0v) is 13.3. The molecule has 0 spiro atoms. The zero-order chi connectivity index (χ0) is 16.5. The molecule has 0 aliphatic heterocycles. The van der Waals surface area contributed by atoms with Crippen LogP contribution in [0, 0.1) is 0 Å². The zero-order valence-electron chi connectivity index (χ0n) is 13.3. The number of nitrogens with one attached hydrogen (secondary N) is 1. The van der Waals surface area contributed by atoms with Crippen LogP contribution in [0.5, 0.6) is 5.75 Å². The SMILES string of the molecule is CNc1cccc(CCOc2ccc(CCCC(=O)O)cc2)n1. The maximum Gasteiger partial charge on any atom is 0.303 e. The smallest absolute Gasteiger partial charge is 0.303 e. The average molecular weight is 314 g/mol. The third-order valence-corrected chi connectivity index (χ3v) is 3.47. The van der Waals surface area contributed by atoms with Crippen molar-refractivity contribution < 1.29 is 14.6 Å². The largest absolute Gasteiger partial charge is 0.493 e. The number of aromatic nitrogens is 1. The summed E-state index contributed by atoms with van der Waals surface area (Å²) in [5, 5.41) is 11.6. The van der Waals surface area contributed by atoms with Gasteiger partial charge in [-0.1, -0.05) is 18.2 Å². The Bertz CT molecular complexity index is 626. The molecule has 1 aromatic heterocycles. The second-order valence-corrected chi connectivity index (χ2v) is 5.25. The third kappa shape index (κ3) is 5.98. The van der Waals surface area contributed by atoms with Crippen LogP contribution < -0.4 is 10.1 Å². The molecule has 0 fully saturated rings. The Morgan fingerprint density at radius 2 is 1.96 bits per heavy atom. The molecule has 2 aromatic rings. The maximum absolute atomic E-state index is 10.5. The second-order valence-electron chi connectivity index (χ2n) is 5.25. The number of aryl methyl sites for hydroxylation is 1. The van der Waals surface area contributed by atoms with Gasteiger partial charge in [0.2, 0.25) is 0 Å². The Kier molecular flexibility index (Phi) is 6.41. The number of hydrogen-bond donors (Lipinski definition) is 2. The van der Waals surface area contributed by atoms with Crippen molar-refractivity contribution in [3.05, 3.63) is 53.7 Å². The van der Waals surface area contributed by atoms with Gasteiger partial charge >= 0.3 is 5.97 Å². The lowest BCUT2D eigenvalue weighted by molar-refractivity contribution is -0.137. The lowest BCUT2D eigenvalue weighted by Crippen LogP contribution is -2.04. The second kappa shape index (κ2) is 8.78.